The van der Waals surface area contributed by atoms with E-state index in [1.165, 1.54) is 0 Å². The summed E-state index contributed by atoms with van der Waals surface area (Å²) in [5, 5.41) is 8.06. The van der Waals surface area contributed by atoms with Crippen LogP contribution in [0.1, 0.15) is 31.3 Å². The van der Waals surface area contributed by atoms with Gasteiger partial charge >= 0.3 is 6.09 Å². The molecule has 0 atom stereocenters. The molecule has 36 heavy (non-hydrogen) atoms. The van der Waals surface area contributed by atoms with Crippen LogP contribution in [0.5, 0.6) is 11.5 Å². The quantitative estimate of drug-likeness (QED) is 0.561. The number of ether oxygens (including phenoxy) is 2. The SMILES string of the molecule is CC(C)(C)OC(=O)N1CC(N2CCNc3c2nn(-c2ccc(Oc4ccccc4)cc2)c3C(N)=O)C1. The molecule has 3 N–H and O–H groups in total. The van der Waals surface area contributed by atoms with Crippen molar-refractivity contribution >= 4 is 23.5 Å². The lowest BCUT2D eigenvalue weighted by Gasteiger charge is -2.46. The number of likely N-dealkylation sites (tertiary alicyclic amines) is 1. The molecule has 2 aliphatic rings. The number of hydrogen-bond acceptors (Lipinski definition) is 7. The molecular weight excluding hydrogens is 460 g/mol. The molecule has 188 valence electrons. The van der Waals surface area contributed by atoms with Crippen LogP contribution < -0.4 is 20.7 Å². The molecule has 2 aromatic carbocycles. The Morgan fingerprint density at radius 3 is 2.33 bits per heavy atom. The normalized spacial score (nSPS) is 15.5. The van der Waals surface area contributed by atoms with Crippen LogP contribution in [-0.2, 0) is 4.74 Å². The second-order valence-corrected chi connectivity index (χ2v) is 9.89. The predicted octanol–water partition coefficient (Wildman–Crippen LogP) is 3.61. The molecule has 0 radical (unpaired) electrons. The van der Waals surface area contributed by atoms with Gasteiger partial charge in [0.1, 0.15) is 22.8 Å². The number of para-hydroxylation sites is 1. The van der Waals surface area contributed by atoms with E-state index in [2.05, 4.69) is 10.2 Å². The molecule has 2 aliphatic heterocycles. The number of hydrogen-bond donors (Lipinski definition) is 2. The van der Waals surface area contributed by atoms with Crippen molar-refractivity contribution in [2.75, 3.05) is 36.4 Å². The summed E-state index contributed by atoms with van der Waals surface area (Å²) in [6, 6.07) is 16.9. The minimum atomic E-state index is -0.577. The summed E-state index contributed by atoms with van der Waals surface area (Å²) >= 11 is 0. The van der Waals surface area contributed by atoms with Gasteiger partial charge in [-0.05, 0) is 57.2 Å². The van der Waals surface area contributed by atoms with E-state index in [1.54, 1.807) is 9.58 Å². The molecule has 10 heteroatoms. The van der Waals surface area contributed by atoms with Crippen LogP contribution in [0.2, 0.25) is 0 Å². The number of primary amides is 1. The zero-order chi connectivity index (χ0) is 25.4. The average Bonchev–Trinajstić information content (AvgIpc) is 3.19. The molecule has 2 amide bonds. The Bertz CT molecular complexity index is 1260. The first-order chi connectivity index (χ1) is 17.2. The first kappa shape index (κ1) is 23.5. The Kier molecular flexibility index (Phi) is 5.95. The van der Waals surface area contributed by atoms with Crippen LogP contribution in [0.15, 0.2) is 54.6 Å². The van der Waals surface area contributed by atoms with Gasteiger partial charge in [-0.3, -0.25) is 4.79 Å². The number of rotatable bonds is 5. The molecule has 1 saturated heterocycles. The van der Waals surface area contributed by atoms with Crippen LogP contribution in [0, 0.1) is 0 Å². The Morgan fingerprint density at radius 2 is 1.69 bits per heavy atom. The van der Waals surface area contributed by atoms with Crippen LogP contribution in [0.25, 0.3) is 5.69 Å². The Hall–Kier alpha value is -4.21. The van der Waals surface area contributed by atoms with E-state index in [0.717, 1.165) is 5.75 Å². The van der Waals surface area contributed by atoms with Gasteiger partial charge in [0.2, 0.25) is 0 Å². The van der Waals surface area contributed by atoms with E-state index in [0.29, 0.717) is 49.1 Å². The van der Waals surface area contributed by atoms with Gasteiger partial charge in [-0.2, -0.15) is 0 Å². The van der Waals surface area contributed by atoms with Gasteiger partial charge in [-0.1, -0.05) is 18.2 Å². The number of anilines is 2. The van der Waals surface area contributed by atoms with Gasteiger partial charge in [-0.15, -0.1) is 5.10 Å². The third kappa shape index (κ3) is 4.66. The molecule has 0 unspecified atom stereocenters. The molecule has 3 aromatic rings. The predicted molar refractivity (Wildman–Crippen MR) is 136 cm³/mol. The number of nitrogens with zero attached hydrogens (tertiary/aromatic N) is 4. The number of nitrogens with one attached hydrogen (secondary N) is 1. The minimum Gasteiger partial charge on any atom is -0.457 e. The number of carbonyl (C=O) groups excluding carboxylic acids is 2. The molecule has 0 bridgehead atoms. The number of carbonyl (C=O) groups is 2. The van der Waals surface area contributed by atoms with E-state index in [-0.39, 0.29) is 17.8 Å². The number of nitrogens with two attached hydrogens (primary N) is 1. The minimum absolute atomic E-state index is 0.0732. The van der Waals surface area contributed by atoms with Crippen molar-refractivity contribution in [3.8, 4) is 17.2 Å². The highest BCUT2D eigenvalue weighted by molar-refractivity contribution is 6.00. The summed E-state index contributed by atoms with van der Waals surface area (Å²) in [7, 11) is 0. The molecule has 10 nitrogen and oxygen atoms in total. The number of aromatic nitrogens is 2. The van der Waals surface area contributed by atoms with Gasteiger partial charge in [0, 0.05) is 26.2 Å². The molecule has 1 aromatic heterocycles. The maximum Gasteiger partial charge on any atom is 0.410 e. The van der Waals surface area contributed by atoms with Gasteiger partial charge in [0.05, 0.1) is 11.7 Å². The lowest BCUT2D eigenvalue weighted by atomic mass is 10.1. The van der Waals surface area contributed by atoms with E-state index in [1.807, 2.05) is 75.4 Å². The summed E-state index contributed by atoms with van der Waals surface area (Å²) in [5.74, 6) is 1.47. The topological polar surface area (TPSA) is 115 Å². The summed E-state index contributed by atoms with van der Waals surface area (Å²) in [6.07, 6.45) is -0.324. The van der Waals surface area contributed by atoms with E-state index >= 15 is 0 Å². The summed E-state index contributed by atoms with van der Waals surface area (Å²) in [6.45, 7) is 7.93. The van der Waals surface area contributed by atoms with Gasteiger partial charge in [0.15, 0.2) is 11.5 Å². The fourth-order valence-corrected chi connectivity index (χ4v) is 4.36. The second kappa shape index (κ2) is 9.10. The third-order valence-electron chi connectivity index (χ3n) is 6.04. The molecule has 1 fully saturated rings. The van der Waals surface area contributed by atoms with E-state index < -0.39 is 11.5 Å². The fourth-order valence-electron chi connectivity index (χ4n) is 4.36. The van der Waals surface area contributed by atoms with Crippen LogP contribution in [0.4, 0.5) is 16.3 Å². The van der Waals surface area contributed by atoms with Crippen LogP contribution in [0.3, 0.4) is 0 Å². The molecule has 0 aliphatic carbocycles. The smallest absolute Gasteiger partial charge is 0.410 e. The van der Waals surface area contributed by atoms with E-state index in [4.69, 9.17) is 20.3 Å². The molecule has 5 rings (SSSR count). The van der Waals surface area contributed by atoms with Gasteiger partial charge in [-0.25, -0.2) is 9.48 Å². The van der Waals surface area contributed by atoms with Gasteiger partial charge in [0.25, 0.3) is 5.91 Å². The first-order valence-corrected chi connectivity index (χ1v) is 11.9. The van der Waals surface area contributed by atoms with Crippen molar-refractivity contribution in [2.24, 2.45) is 5.73 Å². The maximum absolute atomic E-state index is 12.5. The number of benzene rings is 2. The second-order valence-electron chi connectivity index (χ2n) is 9.89. The Balaban J connectivity index is 1.37. The summed E-state index contributed by atoms with van der Waals surface area (Å²) in [5.41, 5.74) is 6.83. The zero-order valence-electron chi connectivity index (χ0n) is 20.6. The van der Waals surface area contributed by atoms with Crippen molar-refractivity contribution in [3.63, 3.8) is 0 Å². The highest BCUT2D eigenvalue weighted by Crippen LogP contribution is 2.36. The Morgan fingerprint density at radius 1 is 1.03 bits per heavy atom. The summed E-state index contributed by atoms with van der Waals surface area (Å²) < 4.78 is 12.9. The van der Waals surface area contributed by atoms with Crippen LogP contribution >= 0.6 is 0 Å². The monoisotopic (exact) mass is 490 g/mol. The highest BCUT2D eigenvalue weighted by Gasteiger charge is 2.41. The summed E-state index contributed by atoms with van der Waals surface area (Å²) in [4.78, 5) is 28.7. The fraction of sp³-hybridized carbons (Fsp3) is 0.346. The van der Waals surface area contributed by atoms with Crippen molar-refractivity contribution < 1.29 is 19.1 Å². The van der Waals surface area contributed by atoms with Gasteiger partial charge < -0.3 is 30.3 Å². The van der Waals surface area contributed by atoms with Crippen molar-refractivity contribution in [3.05, 3.63) is 60.3 Å². The molecule has 0 spiro atoms. The molecular formula is C26H30N6O4. The Labute approximate surface area is 209 Å². The molecule has 0 saturated carbocycles. The first-order valence-electron chi connectivity index (χ1n) is 11.9. The standard InChI is InChI=1S/C26H30N6O4/c1-26(2,3)36-25(34)30-15-18(16-30)31-14-13-28-21-22(23(27)33)32(29-24(21)31)17-9-11-20(12-10-17)35-19-7-5-4-6-8-19/h4-12,18,28H,13-16H2,1-3H3,(H2,27,33). The van der Waals surface area contributed by atoms with Crippen LogP contribution in [-0.4, -0.2) is 64.5 Å². The largest absolute Gasteiger partial charge is 0.457 e. The van der Waals surface area contributed by atoms with Crippen molar-refractivity contribution in [1.82, 2.24) is 14.7 Å². The number of amides is 2. The maximum atomic E-state index is 12.5. The number of fused-ring (bicyclic) bond motifs is 1. The lowest BCUT2D eigenvalue weighted by molar-refractivity contribution is 0.00807. The van der Waals surface area contributed by atoms with E-state index in [9.17, 15) is 9.59 Å². The zero-order valence-corrected chi connectivity index (χ0v) is 20.6. The van der Waals surface area contributed by atoms with Crippen molar-refractivity contribution in [2.45, 2.75) is 32.4 Å². The molecule has 3 heterocycles. The lowest BCUT2D eigenvalue weighted by Crippen LogP contribution is -2.63. The average molecular weight is 491 g/mol. The van der Waals surface area contributed by atoms with Crippen molar-refractivity contribution in [1.29, 1.82) is 0 Å². The highest BCUT2D eigenvalue weighted by atomic mass is 16.6. The third-order valence-corrected chi connectivity index (χ3v) is 6.04.